The minimum Gasteiger partial charge on any atom is -0.380 e. The third-order valence-electron chi connectivity index (χ3n) is 7.31. The van der Waals surface area contributed by atoms with Gasteiger partial charge in [-0.2, -0.15) is 0 Å². The molecule has 0 aromatic heterocycles. The molecule has 2 aromatic carbocycles. The average molecular weight is 459 g/mol. The molecule has 3 aliphatic heterocycles. The lowest BCUT2D eigenvalue weighted by Gasteiger charge is -2.36. The third kappa shape index (κ3) is 5.17. The van der Waals surface area contributed by atoms with Crippen molar-refractivity contribution in [1.29, 1.82) is 0 Å². The van der Waals surface area contributed by atoms with Crippen LogP contribution in [0, 0.1) is 0 Å². The summed E-state index contributed by atoms with van der Waals surface area (Å²) in [5.41, 5.74) is 6.31. The summed E-state index contributed by atoms with van der Waals surface area (Å²) in [6.07, 6.45) is 5.68. The summed E-state index contributed by atoms with van der Waals surface area (Å²) in [5, 5.41) is 2.48. The Morgan fingerprint density at radius 3 is 2.47 bits per heavy atom. The predicted molar refractivity (Wildman–Crippen MR) is 135 cm³/mol. The van der Waals surface area contributed by atoms with E-state index in [1.165, 1.54) is 23.1 Å². The number of piperazine rings is 1. The molecule has 0 spiro atoms. The molecule has 6 heteroatoms. The first-order valence-corrected chi connectivity index (χ1v) is 12.5. The monoisotopic (exact) mass is 458 g/mol. The Labute approximate surface area is 202 Å². The summed E-state index contributed by atoms with van der Waals surface area (Å²) in [4.78, 5) is 31.0. The van der Waals surface area contributed by atoms with E-state index < -0.39 is 0 Å². The van der Waals surface area contributed by atoms with Crippen molar-refractivity contribution in [3.05, 3.63) is 71.4 Å². The maximum Gasteiger partial charge on any atom is 0.234 e. The van der Waals surface area contributed by atoms with E-state index in [0.717, 1.165) is 56.9 Å². The summed E-state index contributed by atoms with van der Waals surface area (Å²) in [6.45, 7) is 6.09. The standard InChI is InChI=1S/C28H34N4O2/c1-30-13-3-5-24(20-30)22-9-7-21(8-10-22)19-31-14-16-32(17-15-31)25-6-2-4-23(18-25)26-11-12-27(33)29-28(26)34/h2,4,6-10,18,20,26H,3,5,11-17,19H2,1H3,(H,29,33,34). The van der Waals surface area contributed by atoms with Crippen LogP contribution < -0.4 is 10.2 Å². The Morgan fingerprint density at radius 1 is 0.941 bits per heavy atom. The summed E-state index contributed by atoms with van der Waals surface area (Å²) in [6, 6.07) is 17.4. The van der Waals surface area contributed by atoms with Crippen LogP contribution in [-0.4, -0.2) is 61.4 Å². The van der Waals surface area contributed by atoms with Crippen LogP contribution >= 0.6 is 0 Å². The molecule has 1 N–H and O–H groups in total. The lowest BCUT2D eigenvalue weighted by atomic mass is 9.90. The van der Waals surface area contributed by atoms with Crippen molar-refractivity contribution in [1.82, 2.24) is 15.1 Å². The predicted octanol–water partition coefficient (Wildman–Crippen LogP) is 3.60. The highest BCUT2D eigenvalue weighted by atomic mass is 16.2. The fourth-order valence-corrected chi connectivity index (χ4v) is 5.33. The Morgan fingerprint density at radius 2 is 1.74 bits per heavy atom. The van der Waals surface area contributed by atoms with Crippen molar-refractivity contribution in [2.75, 3.05) is 44.7 Å². The molecule has 0 aliphatic carbocycles. The second-order valence-electron chi connectivity index (χ2n) is 9.80. The number of amides is 2. The van der Waals surface area contributed by atoms with E-state index in [4.69, 9.17) is 0 Å². The van der Waals surface area contributed by atoms with Gasteiger partial charge in [-0.3, -0.25) is 19.8 Å². The number of nitrogens with zero attached hydrogens (tertiary/aromatic N) is 3. The van der Waals surface area contributed by atoms with E-state index in [9.17, 15) is 9.59 Å². The zero-order chi connectivity index (χ0) is 23.5. The molecule has 1 atom stereocenters. The second kappa shape index (κ2) is 10.0. The Bertz CT molecular complexity index is 1070. The Balaban J connectivity index is 1.16. The molecule has 5 rings (SSSR count). The van der Waals surface area contributed by atoms with Crippen molar-refractivity contribution in [2.24, 2.45) is 0 Å². The highest BCUT2D eigenvalue weighted by Crippen LogP contribution is 2.29. The Hall–Kier alpha value is -3.12. The number of allylic oxidation sites excluding steroid dienone is 1. The first-order valence-electron chi connectivity index (χ1n) is 12.5. The average Bonchev–Trinajstić information content (AvgIpc) is 2.85. The van der Waals surface area contributed by atoms with Crippen LogP contribution in [0.2, 0.25) is 0 Å². The highest BCUT2D eigenvalue weighted by molar-refractivity contribution is 6.01. The molecular weight excluding hydrogens is 424 g/mol. The van der Waals surface area contributed by atoms with Crippen molar-refractivity contribution >= 4 is 23.1 Å². The van der Waals surface area contributed by atoms with E-state index in [0.29, 0.717) is 12.8 Å². The second-order valence-corrected chi connectivity index (χ2v) is 9.80. The van der Waals surface area contributed by atoms with Crippen LogP contribution in [0.4, 0.5) is 5.69 Å². The van der Waals surface area contributed by atoms with E-state index in [-0.39, 0.29) is 17.7 Å². The van der Waals surface area contributed by atoms with Crippen LogP contribution in [0.5, 0.6) is 0 Å². The number of rotatable bonds is 5. The molecule has 1 unspecified atom stereocenters. The zero-order valence-corrected chi connectivity index (χ0v) is 20.0. The van der Waals surface area contributed by atoms with Crippen LogP contribution in [0.3, 0.4) is 0 Å². The number of hydrogen-bond acceptors (Lipinski definition) is 5. The summed E-state index contributed by atoms with van der Waals surface area (Å²) < 4.78 is 0. The molecule has 0 radical (unpaired) electrons. The van der Waals surface area contributed by atoms with Crippen LogP contribution in [0.1, 0.15) is 48.3 Å². The number of anilines is 1. The number of benzene rings is 2. The minimum absolute atomic E-state index is 0.165. The zero-order valence-electron chi connectivity index (χ0n) is 20.0. The van der Waals surface area contributed by atoms with Crippen molar-refractivity contribution in [3.8, 4) is 0 Å². The number of nitrogens with one attached hydrogen (secondary N) is 1. The lowest BCUT2D eigenvalue weighted by molar-refractivity contribution is -0.134. The van der Waals surface area contributed by atoms with Gasteiger partial charge in [0.15, 0.2) is 0 Å². The normalized spacial score (nSPS) is 21.9. The van der Waals surface area contributed by atoms with Gasteiger partial charge in [-0.1, -0.05) is 36.4 Å². The minimum atomic E-state index is -0.230. The molecule has 0 saturated carbocycles. The van der Waals surface area contributed by atoms with Gasteiger partial charge >= 0.3 is 0 Å². The fourth-order valence-electron chi connectivity index (χ4n) is 5.33. The highest BCUT2D eigenvalue weighted by Gasteiger charge is 2.28. The van der Waals surface area contributed by atoms with E-state index >= 15 is 0 Å². The van der Waals surface area contributed by atoms with Gasteiger partial charge in [0.05, 0.1) is 5.92 Å². The molecule has 2 fully saturated rings. The van der Waals surface area contributed by atoms with E-state index in [2.05, 4.69) is 69.7 Å². The van der Waals surface area contributed by atoms with Gasteiger partial charge in [0.2, 0.25) is 11.8 Å². The van der Waals surface area contributed by atoms with Crippen molar-refractivity contribution < 1.29 is 9.59 Å². The van der Waals surface area contributed by atoms with Crippen LogP contribution in [0.15, 0.2) is 54.7 Å². The molecule has 2 saturated heterocycles. The molecule has 178 valence electrons. The summed E-state index contributed by atoms with van der Waals surface area (Å²) in [7, 11) is 2.15. The van der Waals surface area contributed by atoms with Crippen LogP contribution in [-0.2, 0) is 16.1 Å². The number of hydrogen-bond donors (Lipinski definition) is 1. The summed E-state index contributed by atoms with van der Waals surface area (Å²) in [5.74, 6) is -0.565. The molecular formula is C28H34N4O2. The first-order chi connectivity index (χ1) is 16.5. The summed E-state index contributed by atoms with van der Waals surface area (Å²) >= 11 is 0. The first kappa shape index (κ1) is 22.7. The molecule has 0 bridgehead atoms. The number of imide groups is 1. The maximum atomic E-state index is 12.3. The molecule has 34 heavy (non-hydrogen) atoms. The number of carbonyl (C=O) groups excluding carboxylic acids is 2. The molecule has 3 heterocycles. The van der Waals surface area contributed by atoms with Gasteiger partial charge in [0.1, 0.15) is 0 Å². The number of piperidine rings is 1. The third-order valence-corrected chi connectivity index (χ3v) is 7.31. The van der Waals surface area contributed by atoms with Gasteiger partial charge < -0.3 is 9.80 Å². The topological polar surface area (TPSA) is 55.9 Å². The van der Waals surface area contributed by atoms with Gasteiger partial charge in [-0.15, -0.1) is 0 Å². The molecule has 6 nitrogen and oxygen atoms in total. The Kier molecular flexibility index (Phi) is 6.68. The quantitative estimate of drug-likeness (QED) is 0.694. The van der Waals surface area contributed by atoms with Crippen molar-refractivity contribution in [2.45, 2.75) is 38.1 Å². The SMILES string of the molecule is CN1C=C(c2ccc(CN3CCN(c4cccc(C5CCC(=O)NC5=O)c4)CC3)cc2)CCC1. The fraction of sp³-hybridized carbons (Fsp3) is 0.429. The van der Waals surface area contributed by atoms with Crippen molar-refractivity contribution in [3.63, 3.8) is 0 Å². The van der Waals surface area contributed by atoms with Crippen LogP contribution in [0.25, 0.3) is 5.57 Å². The molecule has 2 aromatic rings. The van der Waals surface area contributed by atoms with Gasteiger partial charge in [-0.25, -0.2) is 0 Å². The van der Waals surface area contributed by atoms with Gasteiger partial charge in [0.25, 0.3) is 0 Å². The maximum absolute atomic E-state index is 12.3. The largest absolute Gasteiger partial charge is 0.380 e. The molecule has 3 aliphatic rings. The van der Waals surface area contributed by atoms with E-state index in [1.54, 1.807) is 0 Å². The lowest BCUT2D eigenvalue weighted by Crippen LogP contribution is -2.46. The number of carbonyl (C=O) groups is 2. The van der Waals surface area contributed by atoms with Gasteiger partial charge in [0, 0.05) is 64.6 Å². The smallest absolute Gasteiger partial charge is 0.234 e. The van der Waals surface area contributed by atoms with E-state index in [1.807, 2.05) is 12.1 Å². The molecule has 2 amide bonds. The van der Waals surface area contributed by atoms with Gasteiger partial charge in [-0.05, 0) is 53.7 Å².